The minimum atomic E-state index is 0.626. The molecular weight excluding hydrogens is 328 g/mol. The van der Waals surface area contributed by atoms with Crippen molar-refractivity contribution in [3.8, 4) is 11.6 Å². The zero-order valence-corrected chi connectivity index (χ0v) is 14.3. The second-order valence-electron chi connectivity index (χ2n) is 5.54. The van der Waals surface area contributed by atoms with Gasteiger partial charge in [0.15, 0.2) is 0 Å². The number of hydrogen-bond acceptors (Lipinski definition) is 3. The molecule has 0 unspecified atom stereocenters. The molecule has 4 heteroatoms. The van der Waals surface area contributed by atoms with Crippen LogP contribution in [0.3, 0.4) is 0 Å². The summed E-state index contributed by atoms with van der Waals surface area (Å²) in [5.41, 5.74) is 2.32. The number of rotatable bonds is 6. The molecule has 0 saturated carbocycles. The Morgan fingerprint density at radius 1 is 1.24 bits per heavy atom. The molecule has 2 rings (SSSR count). The average molecular weight is 349 g/mol. The normalized spacial score (nSPS) is 10.9. The largest absolute Gasteiger partial charge is 0.439 e. The van der Waals surface area contributed by atoms with Gasteiger partial charge in [0.05, 0.1) is 0 Å². The van der Waals surface area contributed by atoms with Gasteiger partial charge in [0.25, 0.3) is 0 Å². The molecule has 0 saturated heterocycles. The molecule has 0 aliphatic carbocycles. The van der Waals surface area contributed by atoms with E-state index < -0.39 is 0 Å². The Labute approximate surface area is 134 Å². The summed E-state index contributed by atoms with van der Waals surface area (Å²) in [5.74, 6) is 2.07. The van der Waals surface area contributed by atoms with E-state index in [0.29, 0.717) is 11.8 Å². The van der Waals surface area contributed by atoms with Crippen molar-refractivity contribution in [1.29, 1.82) is 0 Å². The summed E-state index contributed by atoms with van der Waals surface area (Å²) in [7, 11) is 0. The molecule has 0 amide bonds. The summed E-state index contributed by atoms with van der Waals surface area (Å²) in [6, 6.07) is 9.90. The quantitative estimate of drug-likeness (QED) is 0.822. The van der Waals surface area contributed by atoms with Crippen LogP contribution in [0.2, 0.25) is 0 Å². The number of pyridine rings is 1. The Hall–Kier alpha value is -1.39. The van der Waals surface area contributed by atoms with Gasteiger partial charge in [-0.2, -0.15) is 0 Å². The number of nitrogens with one attached hydrogen (secondary N) is 1. The molecule has 0 bridgehead atoms. The zero-order valence-electron chi connectivity index (χ0n) is 12.7. The monoisotopic (exact) mass is 348 g/mol. The second-order valence-corrected chi connectivity index (χ2v) is 6.39. The molecule has 0 aliphatic heterocycles. The van der Waals surface area contributed by atoms with Crippen molar-refractivity contribution < 1.29 is 4.74 Å². The molecule has 0 aliphatic rings. The van der Waals surface area contributed by atoms with Gasteiger partial charge >= 0.3 is 0 Å². The van der Waals surface area contributed by atoms with Crippen LogP contribution in [0.4, 0.5) is 0 Å². The fraction of sp³-hybridized carbons (Fsp3) is 0.353. The van der Waals surface area contributed by atoms with Crippen molar-refractivity contribution >= 4 is 15.9 Å². The summed E-state index contributed by atoms with van der Waals surface area (Å²) in [6.07, 6.45) is 1.79. The van der Waals surface area contributed by atoms with Gasteiger partial charge in [-0.3, -0.25) is 0 Å². The highest BCUT2D eigenvalue weighted by Gasteiger charge is 2.03. The standard InChI is InChI=1S/C17H21BrN2O/c1-12(2)10-19-11-14-6-7-20-17(9-14)21-15-4-5-16(18)13(3)8-15/h4-9,12,19H,10-11H2,1-3H3. The number of ether oxygens (including phenoxy) is 1. The van der Waals surface area contributed by atoms with Crippen molar-refractivity contribution in [1.82, 2.24) is 10.3 Å². The molecule has 1 N–H and O–H groups in total. The van der Waals surface area contributed by atoms with Gasteiger partial charge in [0.1, 0.15) is 5.75 Å². The molecule has 0 spiro atoms. The number of halogens is 1. The summed E-state index contributed by atoms with van der Waals surface area (Å²) < 4.78 is 6.90. The predicted octanol–water partition coefficient (Wildman–Crippen LogP) is 4.69. The van der Waals surface area contributed by atoms with E-state index in [2.05, 4.69) is 40.1 Å². The fourth-order valence-corrected chi connectivity index (χ4v) is 2.17. The van der Waals surface area contributed by atoms with E-state index >= 15 is 0 Å². The molecule has 1 aromatic heterocycles. The maximum Gasteiger partial charge on any atom is 0.219 e. The summed E-state index contributed by atoms with van der Waals surface area (Å²) in [6.45, 7) is 8.27. The summed E-state index contributed by atoms with van der Waals surface area (Å²) in [4.78, 5) is 4.27. The molecule has 1 heterocycles. The highest BCUT2D eigenvalue weighted by atomic mass is 79.9. The molecule has 0 radical (unpaired) electrons. The summed E-state index contributed by atoms with van der Waals surface area (Å²) >= 11 is 3.49. The molecule has 2 aromatic rings. The molecular formula is C17H21BrN2O. The van der Waals surface area contributed by atoms with E-state index in [4.69, 9.17) is 4.74 Å². The van der Waals surface area contributed by atoms with Gasteiger partial charge in [-0.05, 0) is 54.8 Å². The topological polar surface area (TPSA) is 34.1 Å². The van der Waals surface area contributed by atoms with Crippen LogP contribution >= 0.6 is 15.9 Å². The van der Waals surface area contributed by atoms with Crippen molar-refractivity contribution in [2.45, 2.75) is 27.3 Å². The summed E-state index contributed by atoms with van der Waals surface area (Å²) in [5, 5.41) is 3.42. The van der Waals surface area contributed by atoms with Gasteiger partial charge in [0, 0.05) is 23.3 Å². The van der Waals surface area contributed by atoms with Crippen LogP contribution in [-0.4, -0.2) is 11.5 Å². The van der Waals surface area contributed by atoms with Gasteiger partial charge < -0.3 is 10.1 Å². The number of benzene rings is 1. The van der Waals surface area contributed by atoms with Crippen LogP contribution in [0.5, 0.6) is 11.6 Å². The van der Waals surface area contributed by atoms with E-state index in [-0.39, 0.29) is 0 Å². The Bertz CT molecular complexity index is 599. The highest BCUT2D eigenvalue weighted by Crippen LogP contribution is 2.25. The first-order chi connectivity index (χ1) is 10.0. The van der Waals surface area contributed by atoms with Crippen LogP contribution in [0.1, 0.15) is 25.0 Å². The predicted molar refractivity (Wildman–Crippen MR) is 89.7 cm³/mol. The minimum Gasteiger partial charge on any atom is -0.439 e. The highest BCUT2D eigenvalue weighted by molar-refractivity contribution is 9.10. The lowest BCUT2D eigenvalue weighted by Crippen LogP contribution is -2.18. The Kier molecular flexibility index (Phi) is 5.76. The number of aromatic nitrogens is 1. The van der Waals surface area contributed by atoms with E-state index in [1.165, 1.54) is 5.56 Å². The second kappa shape index (κ2) is 7.57. The first kappa shape index (κ1) is 16.0. The molecule has 112 valence electrons. The SMILES string of the molecule is Cc1cc(Oc2cc(CNCC(C)C)ccn2)ccc1Br. The van der Waals surface area contributed by atoms with Crippen molar-refractivity contribution in [2.24, 2.45) is 5.92 Å². The van der Waals surface area contributed by atoms with Gasteiger partial charge in [-0.1, -0.05) is 29.8 Å². The first-order valence-electron chi connectivity index (χ1n) is 7.14. The third-order valence-electron chi connectivity index (χ3n) is 3.03. The molecule has 21 heavy (non-hydrogen) atoms. The van der Waals surface area contributed by atoms with Crippen LogP contribution in [0.25, 0.3) is 0 Å². The number of nitrogens with zero attached hydrogens (tertiary/aromatic N) is 1. The Morgan fingerprint density at radius 2 is 2.05 bits per heavy atom. The molecule has 0 atom stereocenters. The van der Waals surface area contributed by atoms with Crippen molar-refractivity contribution in [3.63, 3.8) is 0 Å². The average Bonchev–Trinajstić information content (AvgIpc) is 2.43. The van der Waals surface area contributed by atoms with Crippen molar-refractivity contribution in [2.75, 3.05) is 6.54 Å². The van der Waals surface area contributed by atoms with Crippen LogP contribution in [-0.2, 0) is 6.54 Å². The first-order valence-corrected chi connectivity index (χ1v) is 7.93. The van der Waals surface area contributed by atoms with E-state index in [0.717, 1.165) is 28.9 Å². The number of hydrogen-bond donors (Lipinski definition) is 1. The van der Waals surface area contributed by atoms with Crippen LogP contribution in [0.15, 0.2) is 41.0 Å². The van der Waals surface area contributed by atoms with Crippen LogP contribution < -0.4 is 10.1 Å². The Balaban J connectivity index is 2.01. The van der Waals surface area contributed by atoms with Crippen molar-refractivity contribution in [3.05, 3.63) is 52.1 Å². The molecule has 1 aromatic carbocycles. The lowest BCUT2D eigenvalue weighted by atomic mass is 10.2. The van der Waals surface area contributed by atoms with E-state index in [9.17, 15) is 0 Å². The van der Waals surface area contributed by atoms with E-state index in [1.807, 2.05) is 37.3 Å². The number of aryl methyl sites for hydroxylation is 1. The zero-order chi connectivity index (χ0) is 15.2. The molecule has 3 nitrogen and oxygen atoms in total. The van der Waals surface area contributed by atoms with E-state index in [1.54, 1.807) is 6.20 Å². The smallest absolute Gasteiger partial charge is 0.219 e. The lowest BCUT2D eigenvalue weighted by Gasteiger charge is -2.10. The van der Waals surface area contributed by atoms with Crippen LogP contribution in [0, 0.1) is 12.8 Å². The van der Waals surface area contributed by atoms with Gasteiger partial charge in [-0.15, -0.1) is 0 Å². The lowest BCUT2D eigenvalue weighted by molar-refractivity contribution is 0.461. The van der Waals surface area contributed by atoms with Gasteiger partial charge in [0.2, 0.25) is 5.88 Å². The maximum atomic E-state index is 5.82. The fourth-order valence-electron chi connectivity index (χ4n) is 1.92. The maximum absolute atomic E-state index is 5.82. The van der Waals surface area contributed by atoms with Gasteiger partial charge in [-0.25, -0.2) is 4.98 Å². The third kappa shape index (κ3) is 5.14. The minimum absolute atomic E-state index is 0.626. The Morgan fingerprint density at radius 3 is 2.76 bits per heavy atom. The molecule has 0 fully saturated rings. The third-order valence-corrected chi connectivity index (χ3v) is 3.92.